The van der Waals surface area contributed by atoms with Gasteiger partial charge in [0.25, 0.3) is 11.8 Å². The SMILES string of the molecule is Cc1nc(C(=O)N2C[C@@H]3C[C@H]2CN3CCC2CCCC2(F)F)c(C)o1. The Labute approximate surface area is 146 Å². The molecule has 3 aliphatic rings. The van der Waals surface area contributed by atoms with E-state index in [1.165, 1.54) is 0 Å². The third-order valence-electron chi connectivity index (χ3n) is 6.15. The molecule has 25 heavy (non-hydrogen) atoms. The lowest BCUT2D eigenvalue weighted by Gasteiger charge is -2.34. The molecular weight excluding hydrogens is 328 g/mol. The van der Waals surface area contributed by atoms with Crippen molar-refractivity contribution in [3.63, 3.8) is 0 Å². The Bertz CT molecular complexity index is 675. The lowest BCUT2D eigenvalue weighted by molar-refractivity contribution is -0.0428. The predicted molar refractivity (Wildman–Crippen MR) is 87.7 cm³/mol. The van der Waals surface area contributed by atoms with E-state index in [-0.39, 0.29) is 24.4 Å². The first-order valence-electron chi connectivity index (χ1n) is 9.22. The highest BCUT2D eigenvalue weighted by Crippen LogP contribution is 2.43. The summed E-state index contributed by atoms with van der Waals surface area (Å²) in [7, 11) is 0. The fourth-order valence-electron chi connectivity index (χ4n) is 4.81. The van der Waals surface area contributed by atoms with Gasteiger partial charge in [-0.1, -0.05) is 0 Å². The summed E-state index contributed by atoms with van der Waals surface area (Å²) in [6.45, 7) is 5.65. The molecule has 5 nitrogen and oxygen atoms in total. The second kappa shape index (κ2) is 6.04. The molecule has 2 saturated heterocycles. The minimum Gasteiger partial charge on any atom is -0.445 e. The first-order valence-corrected chi connectivity index (χ1v) is 9.22. The van der Waals surface area contributed by atoms with Gasteiger partial charge in [-0.3, -0.25) is 9.69 Å². The molecule has 0 N–H and O–H groups in total. The highest BCUT2D eigenvalue weighted by Gasteiger charge is 2.48. The highest BCUT2D eigenvalue weighted by atomic mass is 19.3. The van der Waals surface area contributed by atoms with Crippen LogP contribution in [0.1, 0.15) is 54.2 Å². The quantitative estimate of drug-likeness (QED) is 0.835. The van der Waals surface area contributed by atoms with Gasteiger partial charge in [0.15, 0.2) is 11.6 Å². The number of piperazine rings is 1. The van der Waals surface area contributed by atoms with Crippen LogP contribution in [0.15, 0.2) is 4.42 Å². The molecule has 3 heterocycles. The van der Waals surface area contributed by atoms with E-state index in [0.717, 1.165) is 13.0 Å². The normalized spacial score (nSPS) is 31.2. The summed E-state index contributed by atoms with van der Waals surface area (Å²) in [5.41, 5.74) is 0.405. The molecule has 0 radical (unpaired) electrons. The third-order valence-corrected chi connectivity index (χ3v) is 6.15. The minimum atomic E-state index is -2.48. The van der Waals surface area contributed by atoms with Crippen molar-refractivity contribution in [3.8, 4) is 0 Å². The number of hydrogen-bond donors (Lipinski definition) is 0. The van der Waals surface area contributed by atoms with Gasteiger partial charge in [0.05, 0.1) is 0 Å². The van der Waals surface area contributed by atoms with Crippen LogP contribution in [-0.4, -0.2) is 58.3 Å². The van der Waals surface area contributed by atoms with Crippen LogP contribution < -0.4 is 0 Å². The van der Waals surface area contributed by atoms with E-state index in [9.17, 15) is 13.6 Å². The van der Waals surface area contributed by atoms with E-state index in [1.807, 2.05) is 4.90 Å². The van der Waals surface area contributed by atoms with E-state index in [0.29, 0.717) is 49.7 Å². The summed E-state index contributed by atoms with van der Waals surface area (Å²) >= 11 is 0. The monoisotopic (exact) mass is 353 g/mol. The van der Waals surface area contributed by atoms with Gasteiger partial charge < -0.3 is 9.32 Å². The molecule has 1 saturated carbocycles. The first-order chi connectivity index (χ1) is 11.8. The Balaban J connectivity index is 1.34. The van der Waals surface area contributed by atoms with Gasteiger partial charge in [-0.25, -0.2) is 13.8 Å². The Kier molecular flexibility index (Phi) is 4.09. The largest absolute Gasteiger partial charge is 0.445 e. The maximum absolute atomic E-state index is 13.8. The van der Waals surface area contributed by atoms with Gasteiger partial charge in [0.2, 0.25) is 0 Å². The molecule has 2 aliphatic heterocycles. The average Bonchev–Trinajstić information content (AvgIpc) is 3.28. The summed E-state index contributed by atoms with van der Waals surface area (Å²) in [5, 5.41) is 0. The number of fused-ring (bicyclic) bond motifs is 2. The average molecular weight is 353 g/mol. The van der Waals surface area contributed by atoms with Gasteiger partial charge in [-0.2, -0.15) is 0 Å². The molecule has 3 fully saturated rings. The molecule has 7 heteroatoms. The Hall–Kier alpha value is -1.50. The van der Waals surface area contributed by atoms with E-state index in [1.54, 1.807) is 13.8 Å². The van der Waals surface area contributed by atoms with Gasteiger partial charge in [-0.05, 0) is 39.2 Å². The molecule has 4 rings (SSSR count). The number of hydrogen-bond acceptors (Lipinski definition) is 4. The van der Waals surface area contributed by atoms with E-state index in [4.69, 9.17) is 4.42 Å². The zero-order valence-electron chi connectivity index (χ0n) is 14.8. The van der Waals surface area contributed by atoms with Crippen molar-refractivity contribution in [3.05, 3.63) is 17.3 Å². The standard InChI is InChI=1S/C18H25F2N3O2/c1-11-16(21-12(2)25-11)17(24)23-10-14-8-15(23)9-22(14)7-5-13-4-3-6-18(13,19)20/h13-15H,3-10H2,1-2H3/t13?,14-,15-/m0/s1. The molecule has 1 aromatic rings. The summed E-state index contributed by atoms with van der Waals surface area (Å²) in [6.07, 6.45) is 2.82. The number of carbonyl (C=O) groups is 1. The van der Waals surface area contributed by atoms with Gasteiger partial charge in [-0.15, -0.1) is 0 Å². The fourth-order valence-corrected chi connectivity index (χ4v) is 4.81. The highest BCUT2D eigenvalue weighted by molar-refractivity contribution is 5.93. The third kappa shape index (κ3) is 2.96. The van der Waals surface area contributed by atoms with Crippen molar-refractivity contribution in [2.24, 2.45) is 5.92 Å². The topological polar surface area (TPSA) is 49.6 Å². The zero-order chi connectivity index (χ0) is 17.8. The van der Waals surface area contributed by atoms with E-state index in [2.05, 4.69) is 9.88 Å². The van der Waals surface area contributed by atoms with Crippen molar-refractivity contribution in [2.45, 2.75) is 64.0 Å². The number of aryl methyl sites for hydroxylation is 2. The summed E-state index contributed by atoms with van der Waals surface area (Å²) in [5.74, 6) is -1.95. The first kappa shape index (κ1) is 16.9. The van der Waals surface area contributed by atoms with Crippen molar-refractivity contribution < 1.29 is 18.0 Å². The van der Waals surface area contributed by atoms with Crippen molar-refractivity contribution in [1.82, 2.24) is 14.8 Å². The minimum absolute atomic E-state index is 0.0441. The van der Waals surface area contributed by atoms with Crippen LogP contribution in [-0.2, 0) is 0 Å². The maximum atomic E-state index is 13.8. The number of nitrogens with zero attached hydrogens (tertiary/aromatic N) is 3. The van der Waals surface area contributed by atoms with Crippen LogP contribution in [0, 0.1) is 19.8 Å². The second-order valence-electron chi connectivity index (χ2n) is 7.77. The van der Waals surface area contributed by atoms with E-state index >= 15 is 0 Å². The smallest absolute Gasteiger partial charge is 0.276 e. The molecule has 0 aromatic carbocycles. The second-order valence-corrected chi connectivity index (χ2v) is 7.77. The van der Waals surface area contributed by atoms with Gasteiger partial charge in [0.1, 0.15) is 5.76 Å². The molecule has 0 spiro atoms. The van der Waals surface area contributed by atoms with Crippen molar-refractivity contribution in [1.29, 1.82) is 0 Å². The fraction of sp³-hybridized carbons (Fsp3) is 0.778. The molecule has 2 bridgehead atoms. The van der Waals surface area contributed by atoms with Crippen LogP contribution in [0.3, 0.4) is 0 Å². The number of halogens is 2. The lowest BCUT2D eigenvalue weighted by Crippen LogP contribution is -2.49. The zero-order valence-corrected chi connectivity index (χ0v) is 14.8. The predicted octanol–water partition coefficient (Wildman–Crippen LogP) is 3.02. The summed E-state index contributed by atoms with van der Waals surface area (Å²) in [4.78, 5) is 21.1. The molecule has 3 atom stereocenters. The Morgan fingerprint density at radius 1 is 1.32 bits per heavy atom. The van der Waals surface area contributed by atoms with Crippen LogP contribution >= 0.6 is 0 Å². The maximum Gasteiger partial charge on any atom is 0.276 e. The lowest BCUT2D eigenvalue weighted by atomic mass is 10.0. The van der Waals surface area contributed by atoms with Crippen LogP contribution in [0.5, 0.6) is 0 Å². The number of aromatic nitrogens is 1. The van der Waals surface area contributed by atoms with Crippen molar-refractivity contribution in [2.75, 3.05) is 19.6 Å². The number of rotatable bonds is 4. The molecule has 1 unspecified atom stereocenters. The van der Waals surface area contributed by atoms with E-state index < -0.39 is 11.8 Å². The number of alkyl halides is 2. The Morgan fingerprint density at radius 2 is 2.12 bits per heavy atom. The van der Waals surface area contributed by atoms with Crippen molar-refractivity contribution >= 4 is 5.91 Å². The number of oxazole rings is 1. The Morgan fingerprint density at radius 3 is 2.68 bits per heavy atom. The molecule has 1 aliphatic carbocycles. The summed E-state index contributed by atoms with van der Waals surface area (Å²) < 4.78 is 32.9. The molecule has 138 valence electrons. The number of carbonyl (C=O) groups excluding carboxylic acids is 1. The van der Waals surface area contributed by atoms with Crippen LogP contribution in [0.4, 0.5) is 8.78 Å². The van der Waals surface area contributed by atoms with Gasteiger partial charge >= 0.3 is 0 Å². The van der Waals surface area contributed by atoms with Gasteiger partial charge in [0, 0.05) is 44.4 Å². The molecular formula is C18H25F2N3O2. The number of amides is 1. The van der Waals surface area contributed by atoms with Crippen LogP contribution in [0.25, 0.3) is 0 Å². The van der Waals surface area contributed by atoms with Crippen LogP contribution in [0.2, 0.25) is 0 Å². The number of likely N-dealkylation sites (tertiary alicyclic amines) is 2. The molecule has 1 amide bonds. The summed E-state index contributed by atoms with van der Waals surface area (Å²) in [6, 6.07) is 0.454. The molecule has 1 aromatic heterocycles.